The summed E-state index contributed by atoms with van der Waals surface area (Å²) in [5.41, 5.74) is 1.05. The highest BCUT2D eigenvalue weighted by Crippen LogP contribution is 2.26. The maximum atomic E-state index is 9.77. The summed E-state index contributed by atoms with van der Waals surface area (Å²) in [4.78, 5) is 2.49. The molecule has 0 saturated heterocycles. The second-order valence-corrected chi connectivity index (χ2v) is 4.63. The molecule has 1 saturated carbocycles. The lowest BCUT2D eigenvalue weighted by Gasteiger charge is -2.27. The van der Waals surface area contributed by atoms with Crippen LogP contribution in [0.2, 0.25) is 0 Å². The van der Waals surface area contributed by atoms with Gasteiger partial charge in [-0.25, -0.2) is 0 Å². The Labute approximate surface area is 110 Å². The summed E-state index contributed by atoms with van der Waals surface area (Å²) < 4.78 is 0. The molecule has 1 aromatic carbocycles. The summed E-state index contributed by atoms with van der Waals surface area (Å²) in [6.45, 7) is 4.16. The maximum Gasteiger partial charge on any atom is 0.120 e. The summed E-state index contributed by atoms with van der Waals surface area (Å²) in [5, 5.41) is 9.77. The van der Waals surface area contributed by atoms with Crippen LogP contribution in [-0.4, -0.2) is 22.6 Å². The minimum atomic E-state index is 0. The first kappa shape index (κ1) is 14.3. The topological polar surface area (TPSA) is 23.5 Å². The van der Waals surface area contributed by atoms with Crippen LogP contribution >= 0.6 is 12.4 Å². The van der Waals surface area contributed by atoms with Crippen molar-refractivity contribution in [2.24, 2.45) is 0 Å². The van der Waals surface area contributed by atoms with Crippen LogP contribution < -0.4 is 0 Å². The zero-order valence-electron chi connectivity index (χ0n) is 10.4. The van der Waals surface area contributed by atoms with Gasteiger partial charge in [0.25, 0.3) is 0 Å². The van der Waals surface area contributed by atoms with Crippen molar-refractivity contribution in [3.05, 3.63) is 29.8 Å². The molecule has 3 heteroatoms. The molecule has 1 aromatic rings. The van der Waals surface area contributed by atoms with E-state index < -0.39 is 0 Å². The minimum Gasteiger partial charge on any atom is -0.508 e. The van der Waals surface area contributed by atoms with Crippen molar-refractivity contribution < 1.29 is 5.11 Å². The SMILES string of the molecule is CCN(Cc1ccccc1O)C1CCCC1.Cl. The van der Waals surface area contributed by atoms with Gasteiger partial charge in [-0.1, -0.05) is 38.0 Å². The highest BCUT2D eigenvalue weighted by Gasteiger charge is 2.21. The molecule has 0 atom stereocenters. The van der Waals surface area contributed by atoms with Crippen molar-refractivity contribution in [3.8, 4) is 5.75 Å². The minimum absolute atomic E-state index is 0. The molecule has 0 aromatic heterocycles. The van der Waals surface area contributed by atoms with Crippen molar-refractivity contribution in [3.63, 3.8) is 0 Å². The number of aromatic hydroxyl groups is 1. The molecule has 17 heavy (non-hydrogen) atoms. The fourth-order valence-corrected chi connectivity index (χ4v) is 2.63. The highest BCUT2D eigenvalue weighted by atomic mass is 35.5. The lowest BCUT2D eigenvalue weighted by atomic mass is 10.1. The van der Waals surface area contributed by atoms with Crippen LogP contribution in [-0.2, 0) is 6.54 Å². The molecule has 0 bridgehead atoms. The number of nitrogens with zero attached hydrogens (tertiary/aromatic N) is 1. The zero-order valence-corrected chi connectivity index (χ0v) is 11.2. The van der Waals surface area contributed by atoms with E-state index in [0.717, 1.165) is 24.7 Å². The van der Waals surface area contributed by atoms with Gasteiger partial charge in [0.05, 0.1) is 0 Å². The van der Waals surface area contributed by atoms with Crippen LogP contribution in [0.3, 0.4) is 0 Å². The van der Waals surface area contributed by atoms with Crippen LogP contribution in [0.1, 0.15) is 38.2 Å². The number of rotatable bonds is 4. The fourth-order valence-electron chi connectivity index (χ4n) is 2.63. The Balaban J connectivity index is 0.00000144. The van der Waals surface area contributed by atoms with Crippen molar-refractivity contribution in [2.75, 3.05) is 6.54 Å². The molecule has 0 radical (unpaired) electrons. The van der Waals surface area contributed by atoms with Crippen LogP contribution in [0.5, 0.6) is 5.75 Å². The third-order valence-corrected chi connectivity index (χ3v) is 3.61. The Morgan fingerprint density at radius 3 is 2.47 bits per heavy atom. The summed E-state index contributed by atoms with van der Waals surface area (Å²) in [6.07, 6.45) is 5.37. The van der Waals surface area contributed by atoms with Gasteiger partial charge in [-0.05, 0) is 25.5 Å². The number of phenolic OH excluding ortho intramolecular Hbond substituents is 1. The molecule has 2 nitrogen and oxygen atoms in total. The van der Waals surface area contributed by atoms with Gasteiger partial charge >= 0.3 is 0 Å². The average Bonchev–Trinajstić information content (AvgIpc) is 2.81. The first-order valence-corrected chi connectivity index (χ1v) is 6.32. The van der Waals surface area contributed by atoms with E-state index in [2.05, 4.69) is 11.8 Å². The number of benzene rings is 1. The van der Waals surface area contributed by atoms with Gasteiger partial charge in [0.2, 0.25) is 0 Å². The standard InChI is InChI=1S/C14H21NO.ClH/c1-2-15(13-8-4-5-9-13)11-12-7-3-6-10-14(12)16;/h3,6-7,10,13,16H,2,4-5,8-9,11H2,1H3;1H. The van der Waals surface area contributed by atoms with Crippen LogP contribution in [0.4, 0.5) is 0 Å². The van der Waals surface area contributed by atoms with Crippen LogP contribution in [0.25, 0.3) is 0 Å². The predicted molar refractivity (Wildman–Crippen MR) is 73.7 cm³/mol. The first-order valence-electron chi connectivity index (χ1n) is 6.32. The summed E-state index contributed by atoms with van der Waals surface area (Å²) in [5.74, 6) is 0.430. The lowest BCUT2D eigenvalue weighted by Crippen LogP contribution is -2.32. The van der Waals surface area contributed by atoms with Crippen molar-refractivity contribution >= 4 is 12.4 Å². The Hall–Kier alpha value is -0.730. The number of para-hydroxylation sites is 1. The summed E-state index contributed by atoms with van der Waals surface area (Å²) >= 11 is 0. The molecule has 1 aliphatic carbocycles. The van der Waals surface area contributed by atoms with E-state index in [4.69, 9.17) is 0 Å². The first-order chi connectivity index (χ1) is 7.81. The van der Waals surface area contributed by atoms with E-state index in [0.29, 0.717) is 5.75 Å². The van der Waals surface area contributed by atoms with E-state index >= 15 is 0 Å². The van der Waals surface area contributed by atoms with E-state index in [1.165, 1.54) is 25.7 Å². The summed E-state index contributed by atoms with van der Waals surface area (Å²) in [6, 6.07) is 8.40. The molecule has 0 aliphatic heterocycles. The lowest BCUT2D eigenvalue weighted by molar-refractivity contribution is 0.198. The predicted octanol–water partition coefficient (Wildman–Crippen LogP) is 3.58. The number of halogens is 1. The van der Waals surface area contributed by atoms with E-state index in [9.17, 15) is 5.11 Å². The third-order valence-electron chi connectivity index (χ3n) is 3.61. The van der Waals surface area contributed by atoms with Crippen LogP contribution in [0, 0.1) is 0 Å². The van der Waals surface area contributed by atoms with Crippen LogP contribution in [0.15, 0.2) is 24.3 Å². The smallest absolute Gasteiger partial charge is 0.120 e. The van der Waals surface area contributed by atoms with Crippen molar-refractivity contribution in [1.82, 2.24) is 4.90 Å². The molecule has 96 valence electrons. The molecular formula is C14H22ClNO. The van der Waals surface area contributed by atoms with Gasteiger partial charge in [-0.3, -0.25) is 4.90 Å². The summed E-state index contributed by atoms with van der Waals surface area (Å²) in [7, 11) is 0. The molecule has 0 unspecified atom stereocenters. The van der Waals surface area contributed by atoms with Gasteiger partial charge in [-0.2, -0.15) is 0 Å². The molecule has 1 aliphatic rings. The molecule has 0 amide bonds. The normalized spacial score (nSPS) is 16.1. The highest BCUT2D eigenvalue weighted by molar-refractivity contribution is 5.85. The van der Waals surface area contributed by atoms with E-state index in [-0.39, 0.29) is 12.4 Å². The van der Waals surface area contributed by atoms with Gasteiger partial charge in [0.15, 0.2) is 0 Å². The van der Waals surface area contributed by atoms with Crippen molar-refractivity contribution in [1.29, 1.82) is 0 Å². The number of hydrogen-bond donors (Lipinski definition) is 1. The fraction of sp³-hybridized carbons (Fsp3) is 0.571. The van der Waals surface area contributed by atoms with Gasteiger partial charge < -0.3 is 5.11 Å². The van der Waals surface area contributed by atoms with Crippen molar-refractivity contribution in [2.45, 2.75) is 45.2 Å². The molecule has 0 spiro atoms. The second kappa shape index (κ2) is 6.87. The second-order valence-electron chi connectivity index (χ2n) is 4.63. The Morgan fingerprint density at radius 2 is 1.88 bits per heavy atom. The zero-order chi connectivity index (χ0) is 11.4. The molecule has 0 heterocycles. The quantitative estimate of drug-likeness (QED) is 0.889. The maximum absolute atomic E-state index is 9.77. The number of phenols is 1. The van der Waals surface area contributed by atoms with Gasteiger partial charge in [0, 0.05) is 18.2 Å². The Kier molecular flexibility index (Phi) is 5.79. The Morgan fingerprint density at radius 1 is 1.24 bits per heavy atom. The average molecular weight is 256 g/mol. The Bertz CT molecular complexity index is 337. The number of hydrogen-bond acceptors (Lipinski definition) is 2. The van der Waals surface area contributed by atoms with Gasteiger partial charge in [-0.15, -0.1) is 12.4 Å². The third kappa shape index (κ3) is 3.62. The van der Waals surface area contributed by atoms with E-state index in [1.807, 2.05) is 18.2 Å². The monoisotopic (exact) mass is 255 g/mol. The molecule has 1 N–H and O–H groups in total. The van der Waals surface area contributed by atoms with E-state index in [1.54, 1.807) is 6.07 Å². The van der Waals surface area contributed by atoms with Gasteiger partial charge in [0.1, 0.15) is 5.75 Å². The largest absolute Gasteiger partial charge is 0.508 e. The molecular weight excluding hydrogens is 234 g/mol. The molecule has 1 fully saturated rings. The molecule has 2 rings (SSSR count).